The third-order valence-corrected chi connectivity index (χ3v) is 6.24. The van der Waals surface area contributed by atoms with Gasteiger partial charge in [-0.25, -0.2) is 0 Å². The highest BCUT2D eigenvalue weighted by Gasteiger charge is 2.28. The summed E-state index contributed by atoms with van der Waals surface area (Å²) in [5.41, 5.74) is 2.23. The van der Waals surface area contributed by atoms with Crippen LogP contribution in [-0.2, 0) is 20.7 Å². The lowest BCUT2D eigenvalue weighted by atomic mass is 10.1. The molecule has 0 N–H and O–H groups in total. The van der Waals surface area contributed by atoms with Crippen LogP contribution in [0.15, 0.2) is 76.5 Å². The molecule has 0 fully saturated rings. The van der Waals surface area contributed by atoms with E-state index in [4.69, 9.17) is 27.9 Å². The third kappa shape index (κ3) is 4.27. The summed E-state index contributed by atoms with van der Waals surface area (Å²) in [6.45, 7) is -0.354. The predicted molar refractivity (Wildman–Crippen MR) is 115 cm³/mol. The number of esters is 1. The summed E-state index contributed by atoms with van der Waals surface area (Å²) in [6, 6.07) is 20.2. The Bertz CT molecular complexity index is 1060. The van der Waals surface area contributed by atoms with Crippen LogP contribution < -0.4 is 4.90 Å². The van der Waals surface area contributed by atoms with Crippen molar-refractivity contribution in [2.45, 2.75) is 16.2 Å². The Kier molecular flexibility index (Phi) is 5.81. The van der Waals surface area contributed by atoms with E-state index in [-0.39, 0.29) is 18.9 Å². The van der Waals surface area contributed by atoms with Crippen molar-refractivity contribution in [3.05, 3.63) is 82.3 Å². The predicted octanol–water partition coefficient (Wildman–Crippen LogP) is 5.91. The van der Waals surface area contributed by atoms with Gasteiger partial charge in [-0.2, -0.15) is 0 Å². The minimum absolute atomic E-state index is 0.00714. The zero-order chi connectivity index (χ0) is 20.4. The average molecular weight is 444 g/mol. The van der Waals surface area contributed by atoms with E-state index in [1.807, 2.05) is 48.5 Å². The van der Waals surface area contributed by atoms with E-state index in [0.29, 0.717) is 15.6 Å². The Hall–Kier alpha value is -2.47. The lowest BCUT2D eigenvalue weighted by Crippen LogP contribution is -2.32. The van der Waals surface area contributed by atoms with Gasteiger partial charge in [0.05, 0.1) is 27.8 Å². The van der Waals surface area contributed by atoms with Crippen LogP contribution >= 0.6 is 35.0 Å². The standard InChI is InChI=1S/C22H15Cl2NO3S/c23-15-10-9-14(11-16(15)24)12-22(27)28-13-21(26)25-17-5-1-3-7-19(17)29-20-8-4-2-6-18(20)25/h1-11H,12-13H2. The molecule has 0 bridgehead atoms. The van der Waals surface area contributed by atoms with Gasteiger partial charge in [-0.1, -0.05) is 65.3 Å². The molecule has 146 valence electrons. The molecule has 0 atom stereocenters. The summed E-state index contributed by atoms with van der Waals surface area (Å²) in [6.07, 6.45) is 0.00714. The Morgan fingerprint density at radius 2 is 1.48 bits per heavy atom. The van der Waals surface area contributed by atoms with E-state index in [1.165, 1.54) is 0 Å². The molecule has 1 aliphatic heterocycles. The summed E-state index contributed by atoms with van der Waals surface area (Å²) in [4.78, 5) is 28.7. The summed E-state index contributed by atoms with van der Waals surface area (Å²) >= 11 is 13.5. The largest absolute Gasteiger partial charge is 0.455 e. The highest BCUT2D eigenvalue weighted by molar-refractivity contribution is 7.99. The van der Waals surface area contributed by atoms with Gasteiger partial charge in [0.25, 0.3) is 5.91 Å². The van der Waals surface area contributed by atoms with Crippen molar-refractivity contribution in [2.75, 3.05) is 11.5 Å². The minimum atomic E-state index is -0.510. The second kappa shape index (κ2) is 8.49. The van der Waals surface area contributed by atoms with E-state index in [2.05, 4.69) is 0 Å². The number of carbonyl (C=O) groups is 2. The van der Waals surface area contributed by atoms with E-state index in [0.717, 1.165) is 21.2 Å². The number of rotatable bonds is 4. The lowest BCUT2D eigenvalue weighted by molar-refractivity contribution is -0.147. The van der Waals surface area contributed by atoms with E-state index < -0.39 is 5.97 Å². The first-order chi connectivity index (χ1) is 14.0. The number of ether oxygens (including phenoxy) is 1. The molecule has 0 unspecified atom stereocenters. The van der Waals surface area contributed by atoms with Crippen LogP contribution in [0.1, 0.15) is 5.56 Å². The Labute approximate surface area is 182 Å². The van der Waals surface area contributed by atoms with E-state index in [9.17, 15) is 9.59 Å². The summed E-state index contributed by atoms with van der Waals surface area (Å²) < 4.78 is 5.25. The van der Waals surface area contributed by atoms with Gasteiger partial charge in [-0.05, 0) is 42.0 Å². The summed E-state index contributed by atoms with van der Waals surface area (Å²) in [5, 5.41) is 0.784. The Morgan fingerprint density at radius 1 is 0.862 bits per heavy atom. The minimum Gasteiger partial charge on any atom is -0.455 e. The second-order valence-corrected chi connectivity index (χ2v) is 8.25. The van der Waals surface area contributed by atoms with Crippen molar-refractivity contribution in [1.29, 1.82) is 0 Å². The number of fused-ring (bicyclic) bond motifs is 2. The molecule has 1 heterocycles. The topological polar surface area (TPSA) is 46.6 Å². The van der Waals surface area contributed by atoms with Gasteiger partial charge in [-0.15, -0.1) is 0 Å². The molecule has 0 saturated carbocycles. The highest BCUT2D eigenvalue weighted by atomic mass is 35.5. The number of nitrogens with zero attached hydrogens (tertiary/aromatic N) is 1. The number of hydrogen-bond acceptors (Lipinski definition) is 4. The molecular weight excluding hydrogens is 429 g/mol. The van der Waals surface area contributed by atoms with Crippen LogP contribution in [0.3, 0.4) is 0 Å². The number of hydrogen-bond donors (Lipinski definition) is 0. The SMILES string of the molecule is O=C(Cc1ccc(Cl)c(Cl)c1)OCC(=O)N1c2ccccc2Sc2ccccc21. The lowest BCUT2D eigenvalue weighted by Gasteiger charge is -2.30. The molecule has 4 rings (SSSR count). The molecule has 3 aromatic rings. The van der Waals surface area contributed by atoms with Crippen LogP contribution in [0, 0.1) is 0 Å². The molecule has 1 aliphatic rings. The number of halogens is 2. The van der Waals surface area contributed by atoms with Crippen molar-refractivity contribution < 1.29 is 14.3 Å². The molecule has 0 aromatic heterocycles. The number of carbonyl (C=O) groups excluding carboxylic acids is 2. The second-order valence-electron chi connectivity index (χ2n) is 6.35. The first kappa shape index (κ1) is 19.8. The molecule has 0 radical (unpaired) electrons. The van der Waals surface area contributed by atoms with Gasteiger partial charge in [0.2, 0.25) is 0 Å². The summed E-state index contributed by atoms with van der Waals surface area (Å²) in [7, 11) is 0. The monoisotopic (exact) mass is 443 g/mol. The smallest absolute Gasteiger partial charge is 0.310 e. The fraction of sp³-hybridized carbons (Fsp3) is 0.0909. The van der Waals surface area contributed by atoms with E-state index in [1.54, 1.807) is 34.9 Å². The van der Waals surface area contributed by atoms with Crippen molar-refractivity contribution in [3.8, 4) is 0 Å². The van der Waals surface area contributed by atoms with Crippen molar-refractivity contribution >= 4 is 58.2 Å². The maximum atomic E-state index is 13.0. The number of anilines is 2. The van der Waals surface area contributed by atoms with Gasteiger partial charge >= 0.3 is 5.97 Å². The zero-order valence-electron chi connectivity index (χ0n) is 15.1. The third-order valence-electron chi connectivity index (χ3n) is 4.37. The van der Waals surface area contributed by atoms with Crippen LogP contribution in [0.4, 0.5) is 11.4 Å². The zero-order valence-corrected chi connectivity index (χ0v) is 17.4. The van der Waals surface area contributed by atoms with Crippen LogP contribution in [0.2, 0.25) is 10.0 Å². The fourth-order valence-electron chi connectivity index (χ4n) is 3.05. The first-order valence-corrected chi connectivity index (χ1v) is 10.4. The van der Waals surface area contributed by atoms with Crippen LogP contribution in [0.25, 0.3) is 0 Å². The quantitative estimate of drug-likeness (QED) is 0.470. The molecule has 0 saturated heterocycles. The van der Waals surface area contributed by atoms with Gasteiger partial charge in [0.15, 0.2) is 6.61 Å². The number of para-hydroxylation sites is 2. The normalized spacial score (nSPS) is 12.1. The molecule has 3 aromatic carbocycles. The molecule has 0 aliphatic carbocycles. The fourth-order valence-corrected chi connectivity index (χ4v) is 4.43. The van der Waals surface area contributed by atoms with Crippen molar-refractivity contribution in [3.63, 3.8) is 0 Å². The van der Waals surface area contributed by atoms with Gasteiger partial charge in [0.1, 0.15) is 0 Å². The maximum absolute atomic E-state index is 13.0. The first-order valence-electron chi connectivity index (χ1n) is 8.81. The Morgan fingerprint density at radius 3 is 2.10 bits per heavy atom. The molecule has 7 heteroatoms. The van der Waals surface area contributed by atoms with Gasteiger partial charge in [0, 0.05) is 9.79 Å². The van der Waals surface area contributed by atoms with Gasteiger partial charge in [-0.3, -0.25) is 14.5 Å². The Balaban J connectivity index is 1.48. The highest BCUT2D eigenvalue weighted by Crippen LogP contribution is 2.47. The van der Waals surface area contributed by atoms with Crippen molar-refractivity contribution in [2.24, 2.45) is 0 Å². The summed E-state index contributed by atoms with van der Waals surface area (Å²) in [5.74, 6) is -0.822. The van der Waals surface area contributed by atoms with Crippen LogP contribution in [-0.4, -0.2) is 18.5 Å². The number of amides is 1. The molecule has 1 amide bonds. The van der Waals surface area contributed by atoms with E-state index >= 15 is 0 Å². The molecule has 29 heavy (non-hydrogen) atoms. The molecular formula is C22H15Cl2NO3S. The van der Waals surface area contributed by atoms with Crippen LogP contribution in [0.5, 0.6) is 0 Å². The van der Waals surface area contributed by atoms with Crippen molar-refractivity contribution in [1.82, 2.24) is 0 Å². The molecule has 0 spiro atoms. The molecule has 4 nitrogen and oxygen atoms in total. The number of benzene rings is 3. The maximum Gasteiger partial charge on any atom is 0.310 e. The average Bonchev–Trinajstić information content (AvgIpc) is 2.73. The van der Waals surface area contributed by atoms with Gasteiger partial charge < -0.3 is 4.74 Å².